The Morgan fingerprint density at radius 3 is 2.83 bits per heavy atom. The van der Waals surface area contributed by atoms with Crippen molar-refractivity contribution >= 4 is 29.3 Å². The summed E-state index contributed by atoms with van der Waals surface area (Å²) in [4.78, 5) is 19.6. The third-order valence-electron chi connectivity index (χ3n) is 3.18. The predicted octanol–water partition coefficient (Wildman–Crippen LogP) is 3.71. The molecule has 0 saturated heterocycles. The normalized spacial score (nSPS) is 10.9. The number of hydrogen-bond donors (Lipinski definition) is 1. The molecule has 5 nitrogen and oxygen atoms in total. The molecule has 1 aromatic carbocycles. The molecule has 0 aliphatic rings. The monoisotopic (exact) mass is 342 g/mol. The molecule has 0 spiro atoms. The molecule has 3 rings (SSSR count). The van der Waals surface area contributed by atoms with E-state index < -0.39 is 5.82 Å². The lowest BCUT2D eigenvalue weighted by Gasteiger charge is -2.07. The van der Waals surface area contributed by atoms with Crippen LogP contribution in [0.1, 0.15) is 5.56 Å². The topological polar surface area (TPSA) is 59.8 Å². The first-order valence-electron chi connectivity index (χ1n) is 7.00. The molecule has 1 amide bonds. The standard InChI is InChI=1S/C17H12ClFN4O/c18-16-9-12(5-6-21-16)1-4-17(24)22-13-2-3-15(14(19)10-13)23-8-7-20-11-23/h1-11H,(H,22,24)/b4-1+. The molecule has 120 valence electrons. The number of hydrogen-bond acceptors (Lipinski definition) is 3. The molecule has 0 aliphatic heterocycles. The number of carbonyl (C=O) groups is 1. The number of nitrogens with one attached hydrogen (secondary N) is 1. The van der Waals surface area contributed by atoms with Gasteiger partial charge in [0.25, 0.3) is 0 Å². The maximum Gasteiger partial charge on any atom is 0.248 e. The zero-order chi connectivity index (χ0) is 16.9. The highest BCUT2D eigenvalue weighted by Crippen LogP contribution is 2.18. The van der Waals surface area contributed by atoms with Crippen molar-refractivity contribution in [3.05, 3.63) is 77.9 Å². The lowest BCUT2D eigenvalue weighted by atomic mass is 10.2. The Balaban J connectivity index is 1.69. The summed E-state index contributed by atoms with van der Waals surface area (Å²) in [6.07, 6.45) is 9.18. The zero-order valence-electron chi connectivity index (χ0n) is 12.4. The Morgan fingerprint density at radius 1 is 1.25 bits per heavy atom. The van der Waals surface area contributed by atoms with Crippen molar-refractivity contribution in [3.63, 3.8) is 0 Å². The first kappa shape index (κ1) is 15.9. The molecule has 0 fully saturated rings. The second-order valence-corrected chi connectivity index (χ2v) is 5.26. The summed E-state index contributed by atoms with van der Waals surface area (Å²) in [6.45, 7) is 0. The number of nitrogens with zero attached hydrogens (tertiary/aromatic N) is 3. The van der Waals surface area contributed by atoms with Crippen molar-refractivity contribution < 1.29 is 9.18 Å². The number of rotatable bonds is 4. The van der Waals surface area contributed by atoms with Crippen LogP contribution in [0.3, 0.4) is 0 Å². The van der Waals surface area contributed by atoms with Gasteiger partial charge in [-0.05, 0) is 42.0 Å². The van der Waals surface area contributed by atoms with Crippen LogP contribution in [0.2, 0.25) is 5.15 Å². The average molecular weight is 343 g/mol. The van der Waals surface area contributed by atoms with Crippen molar-refractivity contribution in [2.24, 2.45) is 0 Å². The van der Waals surface area contributed by atoms with Crippen molar-refractivity contribution in [2.45, 2.75) is 0 Å². The maximum absolute atomic E-state index is 14.1. The van der Waals surface area contributed by atoms with Gasteiger partial charge in [-0.25, -0.2) is 14.4 Å². The number of pyridine rings is 1. The minimum absolute atomic E-state index is 0.342. The zero-order valence-corrected chi connectivity index (χ0v) is 13.1. The number of amides is 1. The van der Waals surface area contributed by atoms with E-state index in [1.165, 1.54) is 18.5 Å². The number of benzene rings is 1. The van der Waals surface area contributed by atoms with Gasteiger partial charge in [-0.3, -0.25) is 4.79 Å². The third kappa shape index (κ3) is 3.85. The van der Waals surface area contributed by atoms with Gasteiger partial charge in [0, 0.05) is 30.4 Å². The summed E-state index contributed by atoms with van der Waals surface area (Å²) in [5.74, 6) is -0.839. The van der Waals surface area contributed by atoms with Crippen LogP contribution in [-0.2, 0) is 4.79 Å². The third-order valence-corrected chi connectivity index (χ3v) is 3.38. The SMILES string of the molecule is O=C(/C=C/c1ccnc(Cl)c1)Nc1ccc(-n2ccnc2)c(F)c1. The van der Waals surface area contributed by atoms with Crippen LogP contribution in [0, 0.1) is 5.82 Å². The van der Waals surface area contributed by atoms with E-state index in [2.05, 4.69) is 15.3 Å². The minimum atomic E-state index is -0.462. The van der Waals surface area contributed by atoms with Crippen LogP contribution in [0.25, 0.3) is 11.8 Å². The molecule has 2 heterocycles. The second-order valence-electron chi connectivity index (χ2n) is 4.87. The summed E-state index contributed by atoms with van der Waals surface area (Å²) in [5.41, 5.74) is 1.46. The molecule has 1 N–H and O–H groups in total. The van der Waals surface area contributed by atoms with Gasteiger partial charge < -0.3 is 9.88 Å². The summed E-state index contributed by atoms with van der Waals surface area (Å²) in [6, 6.07) is 7.79. The van der Waals surface area contributed by atoms with E-state index in [9.17, 15) is 9.18 Å². The number of imidazole rings is 1. The summed E-state index contributed by atoms with van der Waals surface area (Å²) in [5, 5.41) is 2.94. The van der Waals surface area contributed by atoms with Crippen LogP contribution in [-0.4, -0.2) is 20.4 Å². The number of carbonyl (C=O) groups excluding carboxylic acids is 1. The van der Waals surface area contributed by atoms with E-state index in [1.807, 2.05) is 0 Å². The molecule has 24 heavy (non-hydrogen) atoms. The van der Waals surface area contributed by atoms with Crippen LogP contribution < -0.4 is 5.32 Å². The molecule has 0 bridgehead atoms. The summed E-state index contributed by atoms with van der Waals surface area (Å²) >= 11 is 5.77. The average Bonchev–Trinajstić information content (AvgIpc) is 3.07. The van der Waals surface area contributed by atoms with E-state index in [0.29, 0.717) is 16.5 Å². The fraction of sp³-hybridized carbons (Fsp3) is 0. The van der Waals surface area contributed by atoms with Gasteiger partial charge >= 0.3 is 0 Å². The number of halogens is 2. The summed E-state index contributed by atoms with van der Waals surface area (Å²) < 4.78 is 15.7. The van der Waals surface area contributed by atoms with Crippen LogP contribution in [0.4, 0.5) is 10.1 Å². The second kappa shape index (κ2) is 7.06. The van der Waals surface area contributed by atoms with Crippen molar-refractivity contribution in [3.8, 4) is 5.69 Å². The minimum Gasteiger partial charge on any atom is -0.322 e. The first-order chi connectivity index (χ1) is 11.6. The van der Waals surface area contributed by atoms with Gasteiger partial charge in [0.2, 0.25) is 5.91 Å². The van der Waals surface area contributed by atoms with E-state index in [1.54, 1.807) is 53.5 Å². The highest BCUT2D eigenvalue weighted by molar-refractivity contribution is 6.29. The molecule has 0 aliphatic carbocycles. The molecule has 0 unspecified atom stereocenters. The maximum atomic E-state index is 14.1. The fourth-order valence-electron chi connectivity index (χ4n) is 2.07. The smallest absolute Gasteiger partial charge is 0.248 e. The van der Waals surface area contributed by atoms with Crippen LogP contribution in [0.15, 0.2) is 61.3 Å². The Bertz CT molecular complexity index is 893. The highest BCUT2D eigenvalue weighted by atomic mass is 35.5. The summed E-state index contributed by atoms with van der Waals surface area (Å²) in [7, 11) is 0. The molecule has 0 saturated carbocycles. The quantitative estimate of drug-likeness (QED) is 0.581. The molecule has 2 aromatic heterocycles. The molecule has 0 radical (unpaired) electrons. The van der Waals surface area contributed by atoms with Crippen LogP contribution in [0.5, 0.6) is 0 Å². The Morgan fingerprint density at radius 2 is 2.12 bits per heavy atom. The lowest BCUT2D eigenvalue weighted by Crippen LogP contribution is -2.08. The van der Waals surface area contributed by atoms with Crippen molar-refractivity contribution in [2.75, 3.05) is 5.32 Å². The van der Waals surface area contributed by atoms with Gasteiger partial charge in [-0.15, -0.1) is 0 Å². The lowest BCUT2D eigenvalue weighted by molar-refractivity contribution is -0.111. The molecular formula is C17H12ClFN4O. The number of anilines is 1. The predicted molar refractivity (Wildman–Crippen MR) is 90.4 cm³/mol. The Hall–Kier alpha value is -2.99. The van der Waals surface area contributed by atoms with Gasteiger partial charge in [0.1, 0.15) is 11.0 Å². The molecule has 3 aromatic rings. The van der Waals surface area contributed by atoms with Gasteiger partial charge in [-0.1, -0.05) is 11.6 Å². The number of aromatic nitrogens is 3. The highest BCUT2D eigenvalue weighted by Gasteiger charge is 2.06. The molecule has 7 heteroatoms. The van der Waals surface area contributed by atoms with Gasteiger partial charge in [0.05, 0.1) is 12.0 Å². The van der Waals surface area contributed by atoms with Gasteiger partial charge in [0.15, 0.2) is 0 Å². The molecular weight excluding hydrogens is 331 g/mol. The van der Waals surface area contributed by atoms with E-state index in [0.717, 1.165) is 5.56 Å². The van der Waals surface area contributed by atoms with Gasteiger partial charge in [-0.2, -0.15) is 0 Å². The van der Waals surface area contributed by atoms with Crippen molar-refractivity contribution in [1.29, 1.82) is 0 Å². The van der Waals surface area contributed by atoms with E-state index in [-0.39, 0.29) is 5.91 Å². The van der Waals surface area contributed by atoms with E-state index in [4.69, 9.17) is 11.6 Å². The Kier molecular flexibility index (Phi) is 4.67. The molecule has 0 atom stereocenters. The van der Waals surface area contributed by atoms with Crippen LogP contribution >= 0.6 is 11.6 Å². The first-order valence-corrected chi connectivity index (χ1v) is 7.38. The Labute approximate surface area is 142 Å². The fourth-order valence-corrected chi connectivity index (χ4v) is 2.25. The van der Waals surface area contributed by atoms with Crippen molar-refractivity contribution in [1.82, 2.24) is 14.5 Å². The largest absolute Gasteiger partial charge is 0.322 e. The van der Waals surface area contributed by atoms with E-state index >= 15 is 0 Å².